The van der Waals surface area contributed by atoms with E-state index in [0.29, 0.717) is 12.4 Å². The number of benzene rings is 2. The summed E-state index contributed by atoms with van der Waals surface area (Å²) in [7, 11) is 0. The van der Waals surface area contributed by atoms with Crippen molar-refractivity contribution >= 4 is 11.6 Å². The van der Waals surface area contributed by atoms with Crippen LogP contribution in [0.15, 0.2) is 48.5 Å². The second-order valence-electron chi connectivity index (χ2n) is 7.14. The topological polar surface area (TPSA) is 58.9 Å². The fourth-order valence-electron chi connectivity index (χ4n) is 2.65. The number of aliphatic hydroxyl groups is 2. The van der Waals surface area contributed by atoms with Gasteiger partial charge in [0.05, 0.1) is 12.0 Å². The molecule has 4 nitrogen and oxygen atoms in total. The molecule has 2 atom stereocenters. The van der Waals surface area contributed by atoms with Crippen LogP contribution in [-0.2, 0) is 5.41 Å². The quantitative estimate of drug-likeness (QED) is 0.596. The van der Waals surface area contributed by atoms with E-state index >= 15 is 0 Å². The normalized spacial score (nSPS) is 13.9. The van der Waals surface area contributed by atoms with E-state index in [1.54, 1.807) is 0 Å². The predicted octanol–water partition coefficient (Wildman–Crippen LogP) is 4.14. The summed E-state index contributed by atoms with van der Waals surface area (Å²) < 4.78 is 11.2. The van der Waals surface area contributed by atoms with Crippen molar-refractivity contribution in [2.45, 2.75) is 44.1 Å². The van der Waals surface area contributed by atoms with Crippen molar-refractivity contribution in [2.24, 2.45) is 0 Å². The predicted molar refractivity (Wildman–Crippen MR) is 109 cm³/mol. The SMILES string of the molecule is CC[C@@H](Cl)COc1ccc(C(C)(C)c2ccc(OC[C@H](O)CO)cc2)cc1. The van der Waals surface area contributed by atoms with E-state index in [1.807, 2.05) is 43.3 Å². The van der Waals surface area contributed by atoms with E-state index in [-0.39, 0.29) is 24.0 Å². The van der Waals surface area contributed by atoms with Gasteiger partial charge in [0.25, 0.3) is 0 Å². The molecule has 2 rings (SSSR count). The molecule has 2 N–H and O–H groups in total. The molecule has 0 aliphatic carbocycles. The molecule has 0 saturated heterocycles. The summed E-state index contributed by atoms with van der Waals surface area (Å²) >= 11 is 6.10. The minimum atomic E-state index is -0.867. The van der Waals surface area contributed by atoms with Gasteiger partial charge in [-0.25, -0.2) is 0 Å². The zero-order valence-corrected chi connectivity index (χ0v) is 16.9. The number of hydrogen-bond acceptors (Lipinski definition) is 4. The van der Waals surface area contributed by atoms with Crippen molar-refractivity contribution in [1.29, 1.82) is 0 Å². The van der Waals surface area contributed by atoms with Crippen LogP contribution in [0.5, 0.6) is 11.5 Å². The average Bonchev–Trinajstić information content (AvgIpc) is 2.70. The summed E-state index contributed by atoms with van der Waals surface area (Å²) in [5.74, 6) is 1.48. The Morgan fingerprint density at radius 2 is 1.33 bits per heavy atom. The molecule has 2 aromatic carbocycles. The Morgan fingerprint density at radius 1 is 0.889 bits per heavy atom. The second-order valence-corrected chi connectivity index (χ2v) is 7.75. The third-order valence-electron chi connectivity index (χ3n) is 4.68. The lowest BCUT2D eigenvalue weighted by molar-refractivity contribution is 0.0536. The summed E-state index contributed by atoms with van der Waals surface area (Å²) in [5.41, 5.74) is 2.15. The highest BCUT2D eigenvalue weighted by Gasteiger charge is 2.23. The van der Waals surface area contributed by atoms with Gasteiger partial charge in [-0.2, -0.15) is 0 Å². The average molecular weight is 393 g/mol. The number of rotatable bonds is 10. The molecule has 0 spiro atoms. The van der Waals surface area contributed by atoms with Gasteiger partial charge in [0.1, 0.15) is 30.8 Å². The molecule has 27 heavy (non-hydrogen) atoms. The van der Waals surface area contributed by atoms with Crippen LogP contribution in [0.1, 0.15) is 38.3 Å². The zero-order valence-electron chi connectivity index (χ0n) is 16.2. The van der Waals surface area contributed by atoms with E-state index in [4.69, 9.17) is 26.2 Å². The van der Waals surface area contributed by atoms with E-state index in [2.05, 4.69) is 26.0 Å². The summed E-state index contributed by atoms with van der Waals surface area (Å²) in [5, 5.41) is 18.2. The smallest absolute Gasteiger partial charge is 0.119 e. The number of alkyl halides is 1. The summed E-state index contributed by atoms with van der Waals surface area (Å²) in [4.78, 5) is 0. The number of halogens is 1. The molecular weight excluding hydrogens is 364 g/mol. The van der Waals surface area contributed by atoms with Gasteiger partial charge in [-0.1, -0.05) is 45.0 Å². The van der Waals surface area contributed by atoms with Gasteiger partial charge >= 0.3 is 0 Å². The van der Waals surface area contributed by atoms with Crippen LogP contribution in [0.25, 0.3) is 0 Å². The maximum absolute atomic E-state index is 9.36. The highest BCUT2D eigenvalue weighted by atomic mass is 35.5. The Hall–Kier alpha value is -1.75. The Balaban J connectivity index is 2.04. The molecule has 148 valence electrons. The first-order valence-electron chi connectivity index (χ1n) is 9.26. The molecule has 0 aromatic heterocycles. The van der Waals surface area contributed by atoms with Gasteiger partial charge in [-0.3, -0.25) is 0 Å². The van der Waals surface area contributed by atoms with Crippen molar-refractivity contribution in [2.75, 3.05) is 19.8 Å². The third kappa shape index (κ3) is 6.13. The molecular formula is C22H29ClO4. The van der Waals surface area contributed by atoms with Crippen LogP contribution >= 0.6 is 11.6 Å². The lowest BCUT2D eigenvalue weighted by Crippen LogP contribution is -2.21. The standard InChI is InChI=1S/C22H29ClO4/c1-4-18(23)14-26-20-9-5-16(6-10-20)22(2,3)17-7-11-21(12-8-17)27-15-19(25)13-24/h5-12,18-19,24-25H,4,13-15H2,1-3H3/t18-,19-/m1/s1. The maximum atomic E-state index is 9.36. The molecule has 0 saturated carbocycles. The first-order chi connectivity index (χ1) is 12.9. The molecule has 0 aliphatic heterocycles. The minimum Gasteiger partial charge on any atom is -0.492 e. The maximum Gasteiger partial charge on any atom is 0.119 e. The monoisotopic (exact) mass is 392 g/mol. The molecule has 0 bridgehead atoms. The Kier molecular flexibility index (Phi) is 7.96. The third-order valence-corrected chi connectivity index (χ3v) is 5.11. The molecule has 0 amide bonds. The van der Waals surface area contributed by atoms with E-state index in [0.717, 1.165) is 17.7 Å². The lowest BCUT2D eigenvalue weighted by atomic mass is 9.78. The molecule has 5 heteroatoms. The summed E-state index contributed by atoms with van der Waals surface area (Å²) in [6.45, 7) is 6.64. The van der Waals surface area contributed by atoms with Crippen molar-refractivity contribution in [3.8, 4) is 11.5 Å². The Bertz CT molecular complexity index is 623. The summed E-state index contributed by atoms with van der Waals surface area (Å²) in [6.07, 6.45) is 0.0129. The number of aliphatic hydroxyl groups excluding tert-OH is 2. The van der Waals surface area contributed by atoms with Crippen molar-refractivity contribution in [3.63, 3.8) is 0 Å². The number of ether oxygens (including phenoxy) is 2. The van der Waals surface area contributed by atoms with E-state index in [1.165, 1.54) is 5.56 Å². The van der Waals surface area contributed by atoms with Crippen LogP contribution in [0.2, 0.25) is 0 Å². The van der Waals surface area contributed by atoms with E-state index < -0.39 is 6.10 Å². The fraction of sp³-hybridized carbons (Fsp3) is 0.455. The fourth-order valence-corrected chi connectivity index (χ4v) is 2.71. The van der Waals surface area contributed by atoms with Gasteiger partial charge in [-0.05, 0) is 41.8 Å². The Labute approximate surface area is 166 Å². The van der Waals surface area contributed by atoms with Crippen LogP contribution in [-0.4, -0.2) is 41.5 Å². The molecule has 0 heterocycles. The molecule has 0 radical (unpaired) electrons. The molecule has 0 unspecified atom stereocenters. The molecule has 0 aliphatic rings. The van der Waals surface area contributed by atoms with Gasteiger partial charge in [-0.15, -0.1) is 11.6 Å². The van der Waals surface area contributed by atoms with Gasteiger partial charge in [0.2, 0.25) is 0 Å². The largest absolute Gasteiger partial charge is 0.492 e. The minimum absolute atomic E-state index is 0.0281. The van der Waals surface area contributed by atoms with Crippen molar-refractivity contribution in [1.82, 2.24) is 0 Å². The first kappa shape index (κ1) is 21.5. The van der Waals surface area contributed by atoms with Crippen LogP contribution < -0.4 is 9.47 Å². The molecule has 0 fully saturated rings. The Morgan fingerprint density at radius 3 is 1.74 bits per heavy atom. The van der Waals surface area contributed by atoms with Crippen molar-refractivity contribution in [3.05, 3.63) is 59.7 Å². The van der Waals surface area contributed by atoms with Crippen LogP contribution in [0.4, 0.5) is 0 Å². The van der Waals surface area contributed by atoms with Gasteiger partial charge in [0.15, 0.2) is 0 Å². The highest BCUT2D eigenvalue weighted by Crippen LogP contribution is 2.33. The summed E-state index contributed by atoms with van der Waals surface area (Å²) in [6, 6.07) is 15.9. The van der Waals surface area contributed by atoms with Gasteiger partial charge < -0.3 is 19.7 Å². The van der Waals surface area contributed by atoms with Crippen LogP contribution in [0.3, 0.4) is 0 Å². The first-order valence-corrected chi connectivity index (χ1v) is 9.70. The zero-order chi connectivity index (χ0) is 19.9. The molecule has 2 aromatic rings. The van der Waals surface area contributed by atoms with Gasteiger partial charge in [0, 0.05) is 5.41 Å². The second kappa shape index (κ2) is 9.98. The van der Waals surface area contributed by atoms with E-state index in [9.17, 15) is 5.11 Å². The van der Waals surface area contributed by atoms with Crippen LogP contribution in [0, 0.1) is 0 Å². The lowest BCUT2D eigenvalue weighted by Gasteiger charge is -2.26. The number of hydrogen-bond donors (Lipinski definition) is 2. The highest BCUT2D eigenvalue weighted by molar-refractivity contribution is 6.20. The van der Waals surface area contributed by atoms with Crippen molar-refractivity contribution < 1.29 is 19.7 Å².